The van der Waals surface area contributed by atoms with Gasteiger partial charge >= 0.3 is 0 Å². The highest BCUT2D eigenvalue weighted by Crippen LogP contribution is 2.14. The molecule has 20 heavy (non-hydrogen) atoms. The molecule has 2 aromatic rings. The molecule has 0 aliphatic carbocycles. The number of sulfonamides is 1. The van der Waals surface area contributed by atoms with Crippen LogP contribution in [0.2, 0.25) is 0 Å². The predicted octanol–water partition coefficient (Wildman–Crippen LogP) is 2.03. The van der Waals surface area contributed by atoms with Gasteiger partial charge in [0.1, 0.15) is 0 Å². The molecule has 1 heterocycles. The molecule has 0 fully saturated rings. The Balaban J connectivity index is 2.05. The third-order valence-corrected chi connectivity index (χ3v) is 4.60. The summed E-state index contributed by atoms with van der Waals surface area (Å²) in [6, 6.07) is 10.8. The first kappa shape index (κ1) is 14.6. The lowest BCUT2D eigenvalue weighted by atomic mass is 10.3. The summed E-state index contributed by atoms with van der Waals surface area (Å²) in [5, 5.41) is 3.28. The zero-order chi connectivity index (χ0) is 14.6. The molecule has 1 aromatic carbocycles. The number of hydrogen-bond acceptors (Lipinski definition) is 3. The van der Waals surface area contributed by atoms with Crippen molar-refractivity contribution in [1.82, 2.24) is 9.29 Å². The van der Waals surface area contributed by atoms with Crippen LogP contribution in [0.15, 0.2) is 47.5 Å². The normalized spacial score (nSPS) is 11.5. The van der Waals surface area contributed by atoms with Gasteiger partial charge in [0.15, 0.2) is 0 Å². The number of hydrogen-bond donors (Lipinski definition) is 2. The fraction of sp³-hybridized carbons (Fsp3) is 0.286. The lowest BCUT2D eigenvalue weighted by molar-refractivity contribution is 0.588. The first-order valence-corrected chi connectivity index (χ1v) is 7.96. The highest BCUT2D eigenvalue weighted by molar-refractivity contribution is 7.89. The van der Waals surface area contributed by atoms with Crippen LogP contribution < -0.4 is 10.0 Å². The van der Waals surface area contributed by atoms with Crippen LogP contribution in [0.25, 0.3) is 0 Å². The Morgan fingerprint density at radius 1 is 1.15 bits per heavy atom. The van der Waals surface area contributed by atoms with E-state index in [2.05, 4.69) is 27.6 Å². The molecule has 2 N–H and O–H groups in total. The van der Waals surface area contributed by atoms with Gasteiger partial charge in [0, 0.05) is 24.1 Å². The van der Waals surface area contributed by atoms with Gasteiger partial charge in [0.25, 0.3) is 0 Å². The van der Waals surface area contributed by atoms with E-state index in [9.17, 15) is 8.42 Å². The summed E-state index contributed by atoms with van der Waals surface area (Å²) >= 11 is 0. The van der Waals surface area contributed by atoms with Crippen molar-refractivity contribution < 1.29 is 8.42 Å². The van der Waals surface area contributed by atoms with E-state index in [1.165, 1.54) is 12.7 Å². The van der Waals surface area contributed by atoms with Gasteiger partial charge < -0.3 is 9.88 Å². The summed E-state index contributed by atoms with van der Waals surface area (Å²) in [5.74, 6) is 0. The molecule has 0 saturated carbocycles. The van der Waals surface area contributed by atoms with Gasteiger partial charge in [-0.3, -0.25) is 0 Å². The maximum absolute atomic E-state index is 11.6. The first-order chi connectivity index (χ1) is 9.56. The SMILES string of the molecule is CCn1cccc1CNc1ccc(S(=O)(=O)NC)cc1. The summed E-state index contributed by atoms with van der Waals surface area (Å²) in [6.45, 7) is 3.74. The van der Waals surface area contributed by atoms with E-state index in [4.69, 9.17) is 0 Å². The minimum atomic E-state index is -3.37. The van der Waals surface area contributed by atoms with Crippen LogP contribution >= 0.6 is 0 Å². The smallest absolute Gasteiger partial charge is 0.240 e. The van der Waals surface area contributed by atoms with Crippen LogP contribution in [0.5, 0.6) is 0 Å². The third-order valence-electron chi connectivity index (χ3n) is 3.17. The number of aryl methyl sites for hydroxylation is 1. The van der Waals surface area contributed by atoms with E-state index in [1.54, 1.807) is 24.3 Å². The first-order valence-electron chi connectivity index (χ1n) is 6.48. The third kappa shape index (κ3) is 3.20. The summed E-state index contributed by atoms with van der Waals surface area (Å²) in [5.41, 5.74) is 2.09. The summed E-state index contributed by atoms with van der Waals surface area (Å²) < 4.78 is 27.7. The van der Waals surface area contributed by atoms with Gasteiger partial charge in [0.2, 0.25) is 10.0 Å². The molecule has 5 nitrogen and oxygen atoms in total. The zero-order valence-electron chi connectivity index (χ0n) is 11.6. The van der Waals surface area contributed by atoms with E-state index < -0.39 is 10.0 Å². The fourth-order valence-corrected chi connectivity index (χ4v) is 2.71. The lowest BCUT2D eigenvalue weighted by Gasteiger charge is -2.10. The van der Waals surface area contributed by atoms with Gasteiger partial charge in [-0.05, 0) is 50.4 Å². The number of rotatable bonds is 6. The number of nitrogens with one attached hydrogen (secondary N) is 2. The van der Waals surface area contributed by atoms with E-state index in [0.29, 0.717) is 6.54 Å². The highest BCUT2D eigenvalue weighted by Gasteiger charge is 2.10. The van der Waals surface area contributed by atoms with Crippen molar-refractivity contribution in [2.45, 2.75) is 24.9 Å². The van der Waals surface area contributed by atoms with Crippen molar-refractivity contribution in [3.8, 4) is 0 Å². The lowest BCUT2D eigenvalue weighted by Crippen LogP contribution is -2.18. The number of benzene rings is 1. The molecule has 2 rings (SSSR count). The molecule has 108 valence electrons. The van der Waals surface area contributed by atoms with Crippen molar-refractivity contribution in [3.63, 3.8) is 0 Å². The Kier molecular flexibility index (Phi) is 4.46. The Morgan fingerprint density at radius 3 is 2.45 bits per heavy atom. The predicted molar refractivity (Wildman–Crippen MR) is 80.1 cm³/mol. The van der Waals surface area contributed by atoms with Crippen LogP contribution in [0.4, 0.5) is 5.69 Å². The molecule has 0 atom stereocenters. The van der Waals surface area contributed by atoms with Crippen LogP contribution in [-0.4, -0.2) is 20.0 Å². The second-order valence-electron chi connectivity index (χ2n) is 4.37. The van der Waals surface area contributed by atoms with E-state index in [1.807, 2.05) is 12.3 Å². The van der Waals surface area contributed by atoms with Crippen LogP contribution in [0.3, 0.4) is 0 Å². The van der Waals surface area contributed by atoms with Crippen molar-refractivity contribution in [3.05, 3.63) is 48.3 Å². The van der Waals surface area contributed by atoms with Gasteiger partial charge in [-0.2, -0.15) is 0 Å². The molecule has 0 amide bonds. The summed E-state index contributed by atoms with van der Waals surface area (Å²) in [4.78, 5) is 0.266. The quantitative estimate of drug-likeness (QED) is 0.856. The minimum absolute atomic E-state index is 0.266. The Labute approximate surface area is 119 Å². The molecular formula is C14H19N3O2S. The van der Waals surface area contributed by atoms with Gasteiger partial charge in [-0.1, -0.05) is 0 Å². The number of anilines is 1. The van der Waals surface area contributed by atoms with Crippen LogP contribution in [0, 0.1) is 0 Å². The molecule has 0 radical (unpaired) electrons. The molecule has 0 unspecified atom stereocenters. The molecule has 1 aromatic heterocycles. The molecule has 6 heteroatoms. The average molecular weight is 293 g/mol. The van der Waals surface area contributed by atoms with Crippen molar-refractivity contribution in [2.75, 3.05) is 12.4 Å². The average Bonchev–Trinajstić information content (AvgIpc) is 2.93. The molecule has 0 aliphatic heterocycles. The van der Waals surface area contributed by atoms with Crippen LogP contribution in [0.1, 0.15) is 12.6 Å². The Bertz CT molecular complexity index is 660. The second kappa shape index (κ2) is 6.11. The van der Waals surface area contributed by atoms with Crippen LogP contribution in [-0.2, 0) is 23.1 Å². The zero-order valence-corrected chi connectivity index (χ0v) is 12.4. The molecular weight excluding hydrogens is 274 g/mol. The van der Waals surface area contributed by atoms with Crippen molar-refractivity contribution in [1.29, 1.82) is 0 Å². The molecule has 0 spiro atoms. The number of aromatic nitrogens is 1. The molecule has 0 saturated heterocycles. The summed E-state index contributed by atoms with van der Waals surface area (Å²) in [6.07, 6.45) is 2.04. The molecule has 0 bridgehead atoms. The maximum Gasteiger partial charge on any atom is 0.240 e. The Hall–Kier alpha value is -1.79. The highest BCUT2D eigenvalue weighted by atomic mass is 32.2. The van der Waals surface area contributed by atoms with Gasteiger partial charge in [-0.15, -0.1) is 0 Å². The van der Waals surface area contributed by atoms with Crippen molar-refractivity contribution >= 4 is 15.7 Å². The van der Waals surface area contributed by atoms with Crippen molar-refractivity contribution in [2.24, 2.45) is 0 Å². The standard InChI is InChI=1S/C14H19N3O2S/c1-3-17-10-4-5-13(17)11-16-12-6-8-14(9-7-12)20(18,19)15-2/h4-10,15-16H,3,11H2,1-2H3. The van der Waals surface area contributed by atoms with E-state index >= 15 is 0 Å². The molecule has 0 aliphatic rings. The topological polar surface area (TPSA) is 63.1 Å². The second-order valence-corrected chi connectivity index (χ2v) is 6.26. The largest absolute Gasteiger partial charge is 0.379 e. The van der Waals surface area contributed by atoms with Gasteiger partial charge in [-0.25, -0.2) is 13.1 Å². The summed E-state index contributed by atoms with van der Waals surface area (Å²) in [7, 11) is -1.96. The number of nitrogens with zero attached hydrogens (tertiary/aromatic N) is 1. The monoisotopic (exact) mass is 293 g/mol. The van der Waals surface area contributed by atoms with Gasteiger partial charge in [0.05, 0.1) is 11.4 Å². The maximum atomic E-state index is 11.6. The Morgan fingerprint density at radius 2 is 1.85 bits per heavy atom. The minimum Gasteiger partial charge on any atom is -0.379 e. The van der Waals surface area contributed by atoms with E-state index in [-0.39, 0.29) is 4.90 Å². The fourth-order valence-electron chi connectivity index (χ4n) is 1.98. The van der Waals surface area contributed by atoms with E-state index in [0.717, 1.165) is 12.2 Å².